The summed E-state index contributed by atoms with van der Waals surface area (Å²) in [4.78, 5) is 22.6. The molecule has 0 heterocycles. The van der Waals surface area contributed by atoms with Crippen molar-refractivity contribution in [3.05, 3.63) is 35.9 Å². The maximum absolute atomic E-state index is 12.0. The van der Waals surface area contributed by atoms with Gasteiger partial charge in [0.15, 0.2) is 0 Å². The minimum atomic E-state index is -1.07. The molecule has 0 saturated heterocycles. The minimum absolute atomic E-state index is 0. The fraction of sp³-hybridized carbons (Fsp3) is 0.385. The summed E-state index contributed by atoms with van der Waals surface area (Å²) in [5, 5.41) is 5.30. The van der Waals surface area contributed by atoms with E-state index in [-0.39, 0.29) is 24.2 Å². The molecular formula is C13H20ClN3O2. The van der Waals surface area contributed by atoms with Crippen LogP contribution in [0.25, 0.3) is 0 Å². The van der Waals surface area contributed by atoms with Crippen LogP contribution >= 0.6 is 12.4 Å². The van der Waals surface area contributed by atoms with Gasteiger partial charge in [-0.15, -0.1) is 12.4 Å². The molecule has 0 fully saturated rings. The summed E-state index contributed by atoms with van der Waals surface area (Å²) >= 11 is 0. The van der Waals surface area contributed by atoms with E-state index in [1.807, 2.05) is 30.3 Å². The van der Waals surface area contributed by atoms with E-state index in [0.717, 1.165) is 5.56 Å². The van der Waals surface area contributed by atoms with Gasteiger partial charge >= 0.3 is 0 Å². The molecule has 4 N–H and O–H groups in total. The monoisotopic (exact) mass is 285 g/mol. The molecule has 0 aliphatic rings. The van der Waals surface area contributed by atoms with Crippen LogP contribution < -0.4 is 16.4 Å². The SMILES string of the molecule is CC(=O)NCCNC(=O)C(C)(N)c1ccccc1.Cl. The van der Waals surface area contributed by atoms with E-state index in [2.05, 4.69) is 10.6 Å². The molecule has 106 valence electrons. The van der Waals surface area contributed by atoms with Crippen LogP contribution in [-0.4, -0.2) is 24.9 Å². The van der Waals surface area contributed by atoms with Crippen molar-refractivity contribution >= 4 is 24.2 Å². The molecule has 6 heteroatoms. The third-order valence-electron chi connectivity index (χ3n) is 2.63. The quantitative estimate of drug-likeness (QED) is 0.690. The number of halogens is 1. The third-order valence-corrected chi connectivity index (χ3v) is 2.63. The van der Waals surface area contributed by atoms with Crippen LogP contribution in [-0.2, 0) is 15.1 Å². The lowest BCUT2D eigenvalue weighted by molar-refractivity contribution is -0.126. The number of hydrogen-bond acceptors (Lipinski definition) is 3. The lowest BCUT2D eigenvalue weighted by Crippen LogP contribution is -2.50. The van der Waals surface area contributed by atoms with E-state index in [0.29, 0.717) is 13.1 Å². The molecule has 19 heavy (non-hydrogen) atoms. The van der Waals surface area contributed by atoms with Crippen LogP contribution in [0.15, 0.2) is 30.3 Å². The molecule has 1 aromatic rings. The first-order valence-electron chi connectivity index (χ1n) is 5.81. The second-order valence-electron chi connectivity index (χ2n) is 4.31. The number of nitrogens with two attached hydrogens (primary N) is 1. The lowest BCUT2D eigenvalue weighted by atomic mass is 9.92. The van der Waals surface area contributed by atoms with Gasteiger partial charge in [-0.05, 0) is 12.5 Å². The Morgan fingerprint density at radius 1 is 1.16 bits per heavy atom. The van der Waals surface area contributed by atoms with Crippen molar-refractivity contribution in [1.82, 2.24) is 10.6 Å². The van der Waals surface area contributed by atoms with Crippen molar-refractivity contribution in [2.45, 2.75) is 19.4 Å². The average molecular weight is 286 g/mol. The normalized spacial score (nSPS) is 12.8. The summed E-state index contributed by atoms with van der Waals surface area (Å²) in [5.74, 6) is -0.387. The largest absolute Gasteiger partial charge is 0.355 e. The number of nitrogens with one attached hydrogen (secondary N) is 2. The molecule has 1 rings (SSSR count). The van der Waals surface area contributed by atoms with Gasteiger partial charge in [0, 0.05) is 20.0 Å². The summed E-state index contributed by atoms with van der Waals surface area (Å²) in [6, 6.07) is 9.17. The van der Waals surface area contributed by atoms with Crippen LogP contribution in [0, 0.1) is 0 Å². The average Bonchev–Trinajstić information content (AvgIpc) is 2.35. The van der Waals surface area contributed by atoms with Gasteiger partial charge in [-0.1, -0.05) is 30.3 Å². The highest BCUT2D eigenvalue weighted by atomic mass is 35.5. The molecule has 0 spiro atoms. The zero-order chi connectivity index (χ0) is 13.6. The van der Waals surface area contributed by atoms with Gasteiger partial charge in [0.25, 0.3) is 0 Å². The summed E-state index contributed by atoms with van der Waals surface area (Å²) in [6.45, 7) is 3.85. The Hall–Kier alpha value is -1.59. The maximum Gasteiger partial charge on any atom is 0.244 e. The standard InChI is InChI=1S/C13H19N3O2.ClH/c1-10(17)15-8-9-16-12(18)13(2,14)11-6-4-3-5-7-11;/h3-7H,8-9,14H2,1-2H3,(H,15,17)(H,16,18);1H. The Kier molecular flexibility index (Phi) is 7.11. The second kappa shape index (κ2) is 7.76. The van der Waals surface area contributed by atoms with E-state index in [9.17, 15) is 9.59 Å². The Bertz CT molecular complexity index is 421. The van der Waals surface area contributed by atoms with Crippen LogP contribution in [0.2, 0.25) is 0 Å². The number of hydrogen-bond donors (Lipinski definition) is 3. The number of carbonyl (C=O) groups excluding carboxylic acids is 2. The highest BCUT2D eigenvalue weighted by Crippen LogP contribution is 2.16. The van der Waals surface area contributed by atoms with E-state index in [4.69, 9.17) is 5.73 Å². The van der Waals surface area contributed by atoms with E-state index >= 15 is 0 Å². The molecule has 0 aliphatic heterocycles. The smallest absolute Gasteiger partial charge is 0.244 e. The van der Waals surface area contributed by atoms with Crippen molar-refractivity contribution in [3.63, 3.8) is 0 Å². The van der Waals surface area contributed by atoms with Gasteiger partial charge in [0.1, 0.15) is 5.54 Å². The Labute approximate surface area is 119 Å². The van der Waals surface area contributed by atoms with Gasteiger partial charge in [-0.2, -0.15) is 0 Å². The molecule has 0 radical (unpaired) electrons. The predicted molar refractivity (Wildman–Crippen MR) is 76.9 cm³/mol. The molecule has 1 atom stereocenters. The summed E-state index contributed by atoms with van der Waals surface area (Å²) < 4.78 is 0. The summed E-state index contributed by atoms with van der Waals surface area (Å²) in [6.07, 6.45) is 0. The van der Waals surface area contributed by atoms with Gasteiger partial charge in [-0.3, -0.25) is 9.59 Å². The van der Waals surface area contributed by atoms with Gasteiger partial charge in [0.2, 0.25) is 11.8 Å². The zero-order valence-electron chi connectivity index (χ0n) is 11.1. The van der Waals surface area contributed by atoms with E-state index < -0.39 is 5.54 Å². The summed E-state index contributed by atoms with van der Waals surface area (Å²) in [5.41, 5.74) is 5.70. The zero-order valence-corrected chi connectivity index (χ0v) is 11.9. The topological polar surface area (TPSA) is 84.2 Å². The molecule has 1 unspecified atom stereocenters. The molecular weight excluding hydrogens is 266 g/mol. The lowest BCUT2D eigenvalue weighted by Gasteiger charge is -2.24. The van der Waals surface area contributed by atoms with E-state index in [1.54, 1.807) is 6.92 Å². The molecule has 1 aromatic carbocycles. The number of benzene rings is 1. The van der Waals surface area contributed by atoms with E-state index in [1.165, 1.54) is 6.92 Å². The Morgan fingerprint density at radius 3 is 2.21 bits per heavy atom. The van der Waals surface area contributed by atoms with Crippen molar-refractivity contribution in [3.8, 4) is 0 Å². The molecule has 0 saturated carbocycles. The second-order valence-corrected chi connectivity index (χ2v) is 4.31. The molecule has 2 amide bonds. The van der Waals surface area contributed by atoms with Crippen LogP contribution in [0.3, 0.4) is 0 Å². The first-order chi connectivity index (χ1) is 8.44. The minimum Gasteiger partial charge on any atom is -0.355 e. The molecule has 0 aliphatic carbocycles. The van der Waals surface area contributed by atoms with Gasteiger partial charge < -0.3 is 16.4 Å². The molecule has 0 bridgehead atoms. The molecule has 5 nitrogen and oxygen atoms in total. The van der Waals surface area contributed by atoms with Crippen molar-refractivity contribution in [2.75, 3.05) is 13.1 Å². The van der Waals surface area contributed by atoms with Gasteiger partial charge in [-0.25, -0.2) is 0 Å². The highest BCUT2D eigenvalue weighted by Gasteiger charge is 2.29. The third kappa shape index (κ3) is 5.28. The fourth-order valence-electron chi connectivity index (χ4n) is 1.51. The first kappa shape index (κ1) is 17.4. The van der Waals surface area contributed by atoms with Crippen LogP contribution in [0.4, 0.5) is 0 Å². The van der Waals surface area contributed by atoms with Crippen LogP contribution in [0.5, 0.6) is 0 Å². The first-order valence-corrected chi connectivity index (χ1v) is 5.81. The van der Waals surface area contributed by atoms with Crippen molar-refractivity contribution < 1.29 is 9.59 Å². The van der Waals surface area contributed by atoms with Gasteiger partial charge in [0.05, 0.1) is 0 Å². The Balaban J connectivity index is 0.00000324. The van der Waals surface area contributed by atoms with Crippen molar-refractivity contribution in [1.29, 1.82) is 0 Å². The number of amides is 2. The number of rotatable bonds is 5. The fourth-order valence-corrected chi connectivity index (χ4v) is 1.51. The molecule has 0 aromatic heterocycles. The Morgan fingerprint density at radius 2 is 1.68 bits per heavy atom. The summed E-state index contributed by atoms with van der Waals surface area (Å²) in [7, 11) is 0. The van der Waals surface area contributed by atoms with Crippen LogP contribution in [0.1, 0.15) is 19.4 Å². The number of carbonyl (C=O) groups is 2. The predicted octanol–water partition coefficient (Wildman–Crippen LogP) is 0.535. The maximum atomic E-state index is 12.0. The highest BCUT2D eigenvalue weighted by molar-refractivity contribution is 5.87. The van der Waals surface area contributed by atoms with Crippen molar-refractivity contribution in [2.24, 2.45) is 5.73 Å².